The van der Waals surface area contributed by atoms with Gasteiger partial charge in [0.2, 0.25) is 0 Å². The fourth-order valence-corrected chi connectivity index (χ4v) is 2.20. The number of ketones is 2. The molecule has 2 aliphatic rings. The molecular formula is C12H12O2. The van der Waals surface area contributed by atoms with Crippen molar-refractivity contribution in [1.82, 2.24) is 0 Å². The lowest BCUT2D eigenvalue weighted by Gasteiger charge is -2.25. The number of allylic oxidation sites excluding steroid dienone is 6. The van der Waals surface area contributed by atoms with Gasteiger partial charge in [-0.3, -0.25) is 9.59 Å². The highest BCUT2D eigenvalue weighted by molar-refractivity contribution is 6.18. The van der Waals surface area contributed by atoms with Crippen LogP contribution in [0.15, 0.2) is 36.0 Å². The van der Waals surface area contributed by atoms with Crippen molar-refractivity contribution in [1.29, 1.82) is 0 Å². The highest BCUT2D eigenvalue weighted by Gasteiger charge is 2.49. The lowest BCUT2D eigenvalue weighted by Crippen LogP contribution is -2.33. The summed E-state index contributed by atoms with van der Waals surface area (Å²) >= 11 is 0. The Labute approximate surface area is 83.0 Å². The van der Waals surface area contributed by atoms with Gasteiger partial charge in [-0.2, -0.15) is 0 Å². The summed E-state index contributed by atoms with van der Waals surface area (Å²) in [5, 5.41) is 0. The lowest BCUT2D eigenvalue weighted by atomic mass is 9.74. The molecule has 0 aromatic rings. The molecular weight excluding hydrogens is 176 g/mol. The summed E-state index contributed by atoms with van der Waals surface area (Å²) in [4.78, 5) is 23.6. The number of hydrogen-bond acceptors (Lipinski definition) is 2. The molecule has 1 spiro atoms. The summed E-state index contributed by atoms with van der Waals surface area (Å²) in [5.74, 6) is 0.0763. The highest BCUT2D eigenvalue weighted by atomic mass is 16.2. The highest BCUT2D eigenvalue weighted by Crippen LogP contribution is 2.42. The quantitative estimate of drug-likeness (QED) is 0.545. The molecule has 2 nitrogen and oxygen atoms in total. The van der Waals surface area contributed by atoms with Gasteiger partial charge in [0.05, 0.1) is 0 Å². The molecule has 0 aromatic carbocycles. The van der Waals surface area contributed by atoms with Gasteiger partial charge in [0.15, 0.2) is 11.6 Å². The first-order chi connectivity index (χ1) is 6.71. The van der Waals surface area contributed by atoms with E-state index in [2.05, 4.69) is 0 Å². The van der Waals surface area contributed by atoms with Crippen LogP contribution in [0.25, 0.3) is 0 Å². The molecule has 1 fully saturated rings. The second kappa shape index (κ2) is 3.05. The van der Waals surface area contributed by atoms with E-state index in [9.17, 15) is 9.59 Å². The van der Waals surface area contributed by atoms with Crippen molar-refractivity contribution in [3.05, 3.63) is 36.0 Å². The molecule has 0 bridgehead atoms. The topological polar surface area (TPSA) is 34.1 Å². The fourth-order valence-electron chi connectivity index (χ4n) is 2.20. The lowest BCUT2D eigenvalue weighted by molar-refractivity contribution is -0.129. The fraction of sp³-hybridized carbons (Fsp3) is 0.333. The molecule has 2 rings (SSSR count). The van der Waals surface area contributed by atoms with E-state index in [0.29, 0.717) is 12.8 Å². The summed E-state index contributed by atoms with van der Waals surface area (Å²) in [6.07, 6.45) is 9.85. The molecule has 0 saturated heterocycles. The van der Waals surface area contributed by atoms with Gasteiger partial charge >= 0.3 is 0 Å². The first-order valence-corrected chi connectivity index (χ1v) is 4.81. The smallest absolute Gasteiger partial charge is 0.155 e. The van der Waals surface area contributed by atoms with Crippen molar-refractivity contribution in [2.45, 2.75) is 19.8 Å². The van der Waals surface area contributed by atoms with Crippen LogP contribution in [-0.4, -0.2) is 11.6 Å². The zero-order valence-electron chi connectivity index (χ0n) is 8.12. The predicted molar refractivity (Wildman–Crippen MR) is 53.7 cm³/mol. The standard InChI is InChI=1S/C12H12O2/c1-2-9-5-3-4-8-12(9)10(13)6-7-11(12)14/h2-5,8H,6-7H2,1H3/b9-2+. The van der Waals surface area contributed by atoms with Crippen molar-refractivity contribution in [2.75, 3.05) is 0 Å². The molecule has 0 unspecified atom stereocenters. The average molecular weight is 188 g/mol. The molecule has 0 amide bonds. The Balaban J connectivity index is 2.58. The molecule has 1 saturated carbocycles. The minimum atomic E-state index is -0.927. The van der Waals surface area contributed by atoms with Gasteiger partial charge in [-0.1, -0.05) is 30.4 Å². The zero-order chi connectivity index (χ0) is 10.2. The van der Waals surface area contributed by atoms with Crippen molar-refractivity contribution < 1.29 is 9.59 Å². The predicted octanol–water partition coefficient (Wildman–Crippen LogP) is 1.98. The van der Waals surface area contributed by atoms with Gasteiger partial charge < -0.3 is 0 Å². The average Bonchev–Trinajstić information content (AvgIpc) is 2.48. The minimum Gasteiger partial charge on any atom is -0.298 e. The van der Waals surface area contributed by atoms with Gasteiger partial charge in [-0.15, -0.1) is 0 Å². The third kappa shape index (κ3) is 0.969. The second-order valence-electron chi connectivity index (χ2n) is 3.62. The van der Waals surface area contributed by atoms with Crippen LogP contribution in [0.2, 0.25) is 0 Å². The molecule has 0 aromatic heterocycles. The van der Waals surface area contributed by atoms with Crippen LogP contribution in [0, 0.1) is 5.41 Å². The van der Waals surface area contributed by atoms with Crippen LogP contribution in [0.1, 0.15) is 19.8 Å². The van der Waals surface area contributed by atoms with Gasteiger partial charge in [0, 0.05) is 12.8 Å². The summed E-state index contributed by atoms with van der Waals surface area (Å²) in [6.45, 7) is 1.86. The second-order valence-corrected chi connectivity index (χ2v) is 3.62. The van der Waals surface area contributed by atoms with Gasteiger partial charge in [0.25, 0.3) is 0 Å². The van der Waals surface area contributed by atoms with Crippen molar-refractivity contribution in [2.24, 2.45) is 5.41 Å². The molecule has 0 N–H and O–H groups in total. The number of hydrogen-bond donors (Lipinski definition) is 0. The van der Waals surface area contributed by atoms with Crippen LogP contribution in [-0.2, 0) is 9.59 Å². The van der Waals surface area contributed by atoms with Gasteiger partial charge in [0.1, 0.15) is 5.41 Å². The SMILES string of the molecule is C/C=C1\C=CC=CC12C(=O)CCC2=O. The molecule has 2 heteroatoms. The van der Waals surface area contributed by atoms with Gasteiger partial charge in [-0.05, 0) is 12.5 Å². The van der Waals surface area contributed by atoms with Crippen LogP contribution >= 0.6 is 0 Å². The molecule has 0 radical (unpaired) electrons. The van der Waals surface area contributed by atoms with Crippen LogP contribution < -0.4 is 0 Å². The summed E-state index contributed by atoms with van der Waals surface area (Å²) in [6, 6.07) is 0. The van der Waals surface area contributed by atoms with E-state index in [1.54, 1.807) is 12.2 Å². The van der Waals surface area contributed by atoms with Crippen LogP contribution in [0.3, 0.4) is 0 Å². The van der Waals surface area contributed by atoms with Crippen LogP contribution in [0.4, 0.5) is 0 Å². The molecule has 0 aliphatic heterocycles. The van der Waals surface area contributed by atoms with E-state index in [1.807, 2.05) is 25.2 Å². The third-order valence-electron chi connectivity index (χ3n) is 2.96. The van der Waals surface area contributed by atoms with Crippen LogP contribution in [0.5, 0.6) is 0 Å². The van der Waals surface area contributed by atoms with E-state index in [-0.39, 0.29) is 11.6 Å². The van der Waals surface area contributed by atoms with Crippen molar-refractivity contribution in [3.63, 3.8) is 0 Å². The van der Waals surface area contributed by atoms with E-state index >= 15 is 0 Å². The zero-order valence-corrected chi connectivity index (χ0v) is 8.12. The Morgan fingerprint density at radius 1 is 1.21 bits per heavy atom. The van der Waals surface area contributed by atoms with Crippen molar-refractivity contribution in [3.8, 4) is 0 Å². The molecule has 2 aliphatic carbocycles. The Bertz CT molecular complexity index is 367. The Kier molecular flexibility index (Phi) is 1.99. The first-order valence-electron chi connectivity index (χ1n) is 4.81. The monoisotopic (exact) mass is 188 g/mol. The summed E-state index contributed by atoms with van der Waals surface area (Å²) < 4.78 is 0. The largest absolute Gasteiger partial charge is 0.298 e. The van der Waals surface area contributed by atoms with E-state index < -0.39 is 5.41 Å². The summed E-state index contributed by atoms with van der Waals surface area (Å²) in [5.41, 5.74) is -0.101. The number of carbonyl (C=O) groups is 2. The van der Waals surface area contributed by atoms with E-state index in [1.165, 1.54) is 0 Å². The summed E-state index contributed by atoms with van der Waals surface area (Å²) in [7, 11) is 0. The van der Waals surface area contributed by atoms with Gasteiger partial charge in [-0.25, -0.2) is 0 Å². The Hall–Kier alpha value is -1.44. The van der Waals surface area contributed by atoms with Crippen molar-refractivity contribution >= 4 is 11.6 Å². The molecule has 14 heavy (non-hydrogen) atoms. The maximum Gasteiger partial charge on any atom is 0.155 e. The number of carbonyl (C=O) groups excluding carboxylic acids is 2. The normalized spacial score (nSPS) is 26.8. The maximum absolute atomic E-state index is 11.8. The number of rotatable bonds is 0. The molecule has 72 valence electrons. The maximum atomic E-state index is 11.8. The Morgan fingerprint density at radius 3 is 2.43 bits per heavy atom. The van der Waals surface area contributed by atoms with E-state index in [0.717, 1.165) is 5.57 Å². The number of Topliss-reactive ketones (excluding diaryl/α,β-unsaturated/α-hetero) is 2. The molecule has 0 heterocycles. The Morgan fingerprint density at radius 2 is 1.86 bits per heavy atom. The first kappa shape index (κ1) is 9.13. The minimum absolute atomic E-state index is 0.0381. The molecule has 0 atom stereocenters. The van der Waals surface area contributed by atoms with E-state index in [4.69, 9.17) is 0 Å². The third-order valence-corrected chi connectivity index (χ3v) is 2.96.